The number of para-hydroxylation sites is 1. The maximum Gasteiger partial charge on any atom is 0.258 e. The Hall–Kier alpha value is -2.25. The second-order valence-corrected chi connectivity index (χ2v) is 6.89. The number of hydrogen-bond acceptors (Lipinski definition) is 5. The fraction of sp³-hybridized carbons (Fsp3) is 0.550. The molecule has 2 heterocycles. The van der Waals surface area contributed by atoms with E-state index in [4.69, 9.17) is 4.74 Å². The summed E-state index contributed by atoms with van der Waals surface area (Å²) >= 11 is 0. The third kappa shape index (κ3) is 6.15. The molecule has 7 heteroatoms. The topological polar surface area (TPSA) is 87.3 Å². The molecule has 0 bridgehead atoms. The van der Waals surface area contributed by atoms with E-state index in [9.17, 15) is 9.59 Å². The van der Waals surface area contributed by atoms with Gasteiger partial charge in [0.15, 0.2) is 0 Å². The van der Waals surface area contributed by atoms with Crippen LogP contribution < -0.4 is 10.9 Å². The highest BCUT2D eigenvalue weighted by molar-refractivity contribution is 5.77. The molecule has 0 atom stereocenters. The van der Waals surface area contributed by atoms with Crippen LogP contribution in [-0.2, 0) is 16.0 Å². The number of amides is 1. The summed E-state index contributed by atoms with van der Waals surface area (Å²) in [5.74, 6) is 0.696. The molecular weight excluding hydrogens is 344 g/mol. The van der Waals surface area contributed by atoms with Crippen molar-refractivity contribution in [3.63, 3.8) is 0 Å². The van der Waals surface area contributed by atoms with Crippen LogP contribution in [0, 0.1) is 0 Å². The highest BCUT2D eigenvalue weighted by Gasteiger charge is 2.09. The van der Waals surface area contributed by atoms with Gasteiger partial charge in [-0.15, -0.1) is 0 Å². The molecule has 0 aliphatic carbocycles. The summed E-state index contributed by atoms with van der Waals surface area (Å²) in [7, 11) is 0. The van der Waals surface area contributed by atoms with Crippen LogP contribution in [0.1, 0.15) is 31.5 Å². The van der Waals surface area contributed by atoms with Gasteiger partial charge in [0.05, 0.1) is 24.1 Å². The van der Waals surface area contributed by atoms with Crippen LogP contribution in [0.4, 0.5) is 0 Å². The molecule has 2 N–H and O–H groups in total. The van der Waals surface area contributed by atoms with Crippen LogP contribution in [0.2, 0.25) is 0 Å². The molecule has 27 heavy (non-hydrogen) atoms. The molecule has 0 spiro atoms. The number of hydrogen-bond donors (Lipinski definition) is 2. The molecule has 7 nitrogen and oxygen atoms in total. The number of morpholine rings is 1. The van der Waals surface area contributed by atoms with Gasteiger partial charge in [0.25, 0.3) is 5.56 Å². The number of ether oxygens (including phenoxy) is 1. The lowest BCUT2D eigenvalue weighted by atomic mass is 10.2. The third-order valence-electron chi connectivity index (χ3n) is 4.81. The van der Waals surface area contributed by atoms with Gasteiger partial charge in [-0.2, -0.15) is 0 Å². The molecule has 1 amide bonds. The number of aromatic nitrogens is 2. The van der Waals surface area contributed by atoms with Crippen molar-refractivity contribution in [2.45, 2.75) is 32.1 Å². The minimum Gasteiger partial charge on any atom is -0.379 e. The number of fused-ring (bicyclic) bond motifs is 1. The Kier molecular flexibility index (Phi) is 7.36. The lowest BCUT2D eigenvalue weighted by Gasteiger charge is -2.26. The van der Waals surface area contributed by atoms with Crippen LogP contribution in [0.5, 0.6) is 0 Å². The SMILES string of the molecule is O=C(CCCc1nc2ccccc2c(=O)[nH]1)NCCCCN1CCOCC1. The second kappa shape index (κ2) is 10.2. The van der Waals surface area contributed by atoms with Crippen molar-refractivity contribution in [3.8, 4) is 0 Å². The van der Waals surface area contributed by atoms with Crippen molar-refractivity contribution >= 4 is 16.8 Å². The van der Waals surface area contributed by atoms with Gasteiger partial charge in [-0.3, -0.25) is 14.5 Å². The zero-order valence-corrected chi connectivity index (χ0v) is 15.7. The fourth-order valence-corrected chi connectivity index (χ4v) is 3.27. The van der Waals surface area contributed by atoms with Crippen molar-refractivity contribution in [3.05, 3.63) is 40.4 Å². The largest absolute Gasteiger partial charge is 0.379 e. The number of aryl methyl sites for hydroxylation is 1. The average Bonchev–Trinajstić information content (AvgIpc) is 2.69. The normalized spacial score (nSPS) is 15.1. The van der Waals surface area contributed by atoms with Crippen molar-refractivity contribution in [2.24, 2.45) is 0 Å². The Morgan fingerprint density at radius 3 is 2.85 bits per heavy atom. The van der Waals surface area contributed by atoms with Crippen molar-refractivity contribution in [2.75, 3.05) is 39.4 Å². The smallest absolute Gasteiger partial charge is 0.258 e. The van der Waals surface area contributed by atoms with Crippen LogP contribution >= 0.6 is 0 Å². The van der Waals surface area contributed by atoms with Gasteiger partial charge in [-0.05, 0) is 37.9 Å². The number of unbranched alkanes of at least 4 members (excludes halogenated alkanes) is 1. The predicted molar refractivity (Wildman–Crippen MR) is 105 cm³/mol. The van der Waals surface area contributed by atoms with Crippen LogP contribution in [-0.4, -0.2) is 60.2 Å². The van der Waals surface area contributed by atoms with E-state index in [0.717, 1.165) is 45.7 Å². The highest BCUT2D eigenvalue weighted by Crippen LogP contribution is 2.07. The number of nitrogens with one attached hydrogen (secondary N) is 2. The molecule has 2 aromatic rings. The van der Waals surface area contributed by atoms with E-state index in [0.29, 0.717) is 42.5 Å². The van der Waals surface area contributed by atoms with Gasteiger partial charge < -0.3 is 15.0 Å². The summed E-state index contributed by atoms with van der Waals surface area (Å²) in [6, 6.07) is 7.28. The van der Waals surface area contributed by atoms with Crippen LogP contribution in [0.3, 0.4) is 0 Å². The van der Waals surface area contributed by atoms with E-state index in [2.05, 4.69) is 20.2 Å². The maximum atomic E-state index is 12.0. The molecule has 0 radical (unpaired) electrons. The zero-order chi connectivity index (χ0) is 18.9. The van der Waals surface area contributed by atoms with E-state index in [-0.39, 0.29) is 11.5 Å². The first-order valence-electron chi connectivity index (χ1n) is 9.77. The van der Waals surface area contributed by atoms with Crippen molar-refractivity contribution < 1.29 is 9.53 Å². The number of carbonyl (C=O) groups is 1. The fourth-order valence-electron chi connectivity index (χ4n) is 3.27. The van der Waals surface area contributed by atoms with Gasteiger partial charge in [0.1, 0.15) is 5.82 Å². The van der Waals surface area contributed by atoms with Crippen molar-refractivity contribution in [1.29, 1.82) is 0 Å². The van der Waals surface area contributed by atoms with Gasteiger partial charge in [-0.1, -0.05) is 12.1 Å². The Morgan fingerprint density at radius 1 is 1.19 bits per heavy atom. The molecule has 0 saturated carbocycles. The van der Waals surface area contributed by atoms with E-state index in [1.807, 2.05) is 18.2 Å². The van der Waals surface area contributed by atoms with Gasteiger partial charge in [0, 0.05) is 32.5 Å². The summed E-state index contributed by atoms with van der Waals surface area (Å²) in [5, 5.41) is 3.57. The second-order valence-electron chi connectivity index (χ2n) is 6.89. The molecule has 0 unspecified atom stereocenters. The molecule has 1 fully saturated rings. The number of benzene rings is 1. The molecule has 1 aliphatic heterocycles. The van der Waals surface area contributed by atoms with Gasteiger partial charge in [-0.25, -0.2) is 4.98 Å². The molecule has 1 aromatic heterocycles. The standard InChI is InChI=1S/C20H28N4O3/c25-19(21-10-3-4-11-24-12-14-27-15-13-24)9-5-8-18-22-17-7-2-1-6-16(17)20(26)23-18/h1-2,6-7H,3-5,8-15H2,(H,21,25)(H,22,23,26). The lowest BCUT2D eigenvalue weighted by molar-refractivity contribution is -0.121. The molecule has 3 rings (SSSR count). The molecule has 1 saturated heterocycles. The minimum atomic E-state index is -0.125. The Labute approximate surface area is 159 Å². The number of nitrogens with zero attached hydrogens (tertiary/aromatic N) is 2. The Morgan fingerprint density at radius 2 is 2.00 bits per heavy atom. The van der Waals surface area contributed by atoms with Crippen LogP contribution in [0.15, 0.2) is 29.1 Å². The van der Waals surface area contributed by atoms with Crippen LogP contribution in [0.25, 0.3) is 10.9 Å². The molecule has 146 valence electrons. The maximum absolute atomic E-state index is 12.0. The summed E-state index contributed by atoms with van der Waals surface area (Å²) < 4.78 is 5.33. The minimum absolute atomic E-state index is 0.0597. The number of H-pyrrole nitrogens is 1. The summed E-state index contributed by atoms with van der Waals surface area (Å²) in [4.78, 5) is 33.6. The quantitative estimate of drug-likeness (QED) is 0.651. The Bertz CT molecular complexity index is 799. The van der Waals surface area contributed by atoms with Crippen molar-refractivity contribution in [1.82, 2.24) is 20.2 Å². The van der Waals surface area contributed by atoms with Gasteiger partial charge in [0.2, 0.25) is 5.91 Å². The summed E-state index contributed by atoms with van der Waals surface area (Å²) in [6.45, 7) is 5.46. The third-order valence-corrected chi connectivity index (χ3v) is 4.81. The van der Waals surface area contributed by atoms with E-state index >= 15 is 0 Å². The first kappa shape index (κ1) is 19.5. The highest BCUT2D eigenvalue weighted by atomic mass is 16.5. The summed E-state index contributed by atoms with van der Waals surface area (Å²) in [6.07, 6.45) is 3.77. The monoisotopic (exact) mass is 372 g/mol. The number of aromatic amines is 1. The summed E-state index contributed by atoms with van der Waals surface area (Å²) in [5.41, 5.74) is 0.571. The van der Waals surface area contributed by atoms with Gasteiger partial charge >= 0.3 is 0 Å². The molecule has 1 aliphatic rings. The number of rotatable bonds is 9. The lowest BCUT2D eigenvalue weighted by Crippen LogP contribution is -2.37. The average molecular weight is 372 g/mol. The first-order chi connectivity index (χ1) is 13.2. The van der Waals surface area contributed by atoms with E-state index in [1.54, 1.807) is 6.07 Å². The molecular formula is C20H28N4O3. The van der Waals surface area contributed by atoms with E-state index in [1.165, 1.54) is 0 Å². The Balaban J connectivity index is 1.31. The molecule has 1 aromatic carbocycles. The number of carbonyl (C=O) groups excluding carboxylic acids is 1. The first-order valence-corrected chi connectivity index (χ1v) is 9.77. The predicted octanol–water partition coefficient (Wildman–Crippen LogP) is 1.47. The zero-order valence-electron chi connectivity index (χ0n) is 15.7. The van der Waals surface area contributed by atoms with E-state index < -0.39 is 0 Å².